The number of piperidine rings is 3. The number of nitrogens with two attached hydrogens (primary N) is 1. The zero-order valence-corrected chi connectivity index (χ0v) is 45.1. The van der Waals surface area contributed by atoms with Gasteiger partial charge in [0.1, 0.15) is 24.3 Å². The molecular formula is C57H69N13O6S. The van der Waals surface area contributed by atoms with Crippen LogP contribution < -0.4 is 25.6 Å². The topological polar surface area (TPSA) is 230 Å². The minimum absolute atomic E-state index is 0.0799. The number of anilines is 3. The zero-order valence-electron chi connectivity index (χ0n) is 44.3. The number of aromatic nitrogens is 7. The van der Waals surface area contributed by atoms with E-state index in [0.29, 0.717) is 40.8 Å². The molecule has 4 saturated heterocycles. The van der Waals surface area contributed by atoms with Crippen LogP contribution in [0.3, 0.4) is 0 Å². The second kappa shape index (κ2) is 22.1. The second-order valence-corrected chi connectivity index (χ2v) is 22.7. The number of phenolic OH excluding ortho intramolecular Hbond substituents is 1. The van der Waals surface area contributed by atoms with Crippen LogP contribution in [0.5, 0.6) is 11.6 Å². The number of fused-ring (bicyclic) bond motifs is 1. The molecule has 4 atom stereocenters. The van der Waals surface area contributed by atoms with Crippen LogP contribution in [0.25, 0.3) is 32.7 Å². The molecule has 2 amide bonds. The summed E-state index contributed by atoms with van der Waals surface area (Å²) in [4.78, 5) is 47.0. The standard InChI is InChI=1S/C57H69N13O6S/c1-35(2)51(56(74)69-33-42(71)30-46(69)55(73)61-36(3)38-9-11-39(12-10-38)53-37(4)60-34-77-53)48-32-49(65-76-48)68-25-18-57(19-26-68)16-23-66(24-17-57)27-28-75-50-29-41(13-20-59-50)67-21-14-40(15-22-67)70-45-31-44(43-7-5-6-8-47(43)72)62-63-52(45)54(58)64-70/h5-13,20,29,31-32,34-36,40,42,46,51,71-72H,14-19,21-28,30,33H2,1-4H3,(H2,58,64)(H,61,73)/t36-,42+,46-,51?/m0/s1. The number of nitrogens with one attached hydrogen (secondary N) is 1. The fourth-order valence-corrected chi connectivity index (χ4v) is 12.8. The molecule has 404 valence electrons. The number of likely N-dealkylation sites (tertiary alicyclic amines) is 2. The summed E-state index contributed by atoms with van der Waals surface area (Å²) in [7, 11) is 0. The van der Waals surface area contributed by atoms with Crippen molar-refractivity contribution in [3.05, 3.63) is 102 Å². The highest BCUT2D eigenvalue weighted by Crippen LogP contribution is 2.43. The van der Waals surface area contributed by atoms with Gasteiger partial charge in [0.15, 0.2) is 22.9 Å². The van der Waals surface area contributed by atoms with Gasteiger partial charge >= 0.3 is 0 Å². The van der Waals surface area contributed by atoms with Crippen LogP contribution >= 0.6 is 11.3 Å². The van der Waals surface area contributed by atoms with E-state index < -0.39 is 18.1 Å². The molecule has 20 heteroatoms. The Morgan fingerprint density at radius 1 is 0.922 bits per heavy atom. The Balaban J connectivity index is 0.630. The highest BCUT2D eigenvalue weighted by molar-refractivity contribution is 7.13. The molecule has 7 aromatic rings. The van der Waals surface area contributed by atoms with Crippen molar-refractivity contribution in [2.45, 2.75) is 103 Å². The summed E-state index contributed by atoms with van der Waals surface area (Å²) >= 11 is 1.60. The normalized spacial score (nSPS) is 20.1. The second-order valence-electron chi connectivity index (χ2n) is 21.9. The first kappa shape index (κ1) is 51.9. The van der Waals surface area contributed by atoms with Crippen molar-refractivity contribution in [2.75, 3.05) is 74.5 Å². The average molecular weight is 1060 g/mol. The third kappa shape index (κ3) is 10.9. The lowest BCUT2D eigenvalue weighted by Crippen LogP contribution is -2.48. The number of benzene rings is 2. The van der Waals surface area contributed by atoms with Crippen LogP contribution in [-0.2, 0) is 9.59 Å². The van der Waals surface area contributed by atoms with E-state index in [0.717, 1.165) is 123 Å². The lowest BCUT2D eigenvalue weighted by molar-refractivity contribution is -0.141. The van der Waals surface area contributed by atoms with Crippen LogP contribution in [0.4, 0.5) is 17.3 Å². The van der Waals surface area contributed by atoms with Crippen molar-refractivity contribution >= 4 is 51.5 Å². The van der Waals surface area contributed by atoms with E-state index in [4.69, 9.17) is 15.0 Å². The summed E-state index contributed by atoms with van der Waals surface area (Å²) in [6.07, 6.45) is 7.27. The van der Waals surface area contributed by atoms with Crippen LogP contribution in [0, 0.1) is 18.3 Å². The SMILES string of the molecule is Cc1ncsc1-c1ccc([C@H](C)NC(=O)[C@@H]2C[C@@H](O)CN2C(=O)C(c2cc(N3CCC4(CCN(CCOc5cc(N6CCC(n7nc(N)c8nnc(-c9ccccc9O)cc87)CC6)ccn5)CC4)CC3)no2)C(C)C)cc1. The van der Waals surface area contributed by atoms with Crippen molar-refractivity contribution < 1.29 is 29.1 Å². The number of carbonyl (C=O) groups is 2. The lowest BCUT2D eigenvalue weighted by Gasteiger charge is -2.46. The number of nitrogens with zero attached hydrogens (tertiary/aromatic N) is 11. The molecule has 0 radical (unpaired) electrons. The van der Waals surface area contributed by atoms with Gasteiger partial charge in [-0.2, -0.15) is 5.10 Å². The number of carbonyl (C=O) groups excluding carboxylic acids is 2. The van der Waals surface area contributed by atoms with Gasteiger partial charge in [-0.05, 0) is 112 Å². The molecule has 4 aliphatic rings. The van der Waals surface area contributed by atoms with Crippen LogP contribution in [0.2, 0.25) is 0 Å². The third-order valence-corrected chi connectivity index (χ3v) is 17.6. The highest BCUT2D eigenvalue weighted by Gasteiger charge is 2.44. The number of amides is 2. The zero-order chi connectivity index (χ0) is 53.4. The molecule has 11 rings (SSSR count). The number of para-hydroxylation sites is 1. The molecule has 2 aromatic carbocycles. The van der Waals surface area contributed by atoms with Gasteiger partial charge in [-0.25, -0.2) is 9.97 Å². The van der Waals surface area contributed by atoms with Gasteiger partial charge in [0, 0.05) is 75.3 Å². The van der Waals surface area contributed by atoms with Crippen molar-refractivity contribution in [3.63, 3.8) is 0 Å². The maximum absolute atomic E-state index is 14.4. The smallest absolute Gasteiger partial charge is 0.243 e. The lowest BCUT2D eigenvalue weighted by atomic mass is 9.71. The Kier molecular flexibility index (Phi) is 14.9. The molecule has 4 fully saturated rings. The van der Waals surface area contributed by atoms with Gasteiger partial charge in [-0.3, -0.25) is 19.2 Å². The molecule has 9 heterocycles. The summed E-state index contributed by atoms with van der Waals surface area (Å²) in [6.45, 7) is 14.7. The molecule has 0 bridgehead atoms. The van der Waals surface area contributed by atoms with Crippen molar-refractivity contribution in [1.29, 1.82) is 0 Å². The van der Waals surface area contributed by atoms with Crippen LogP contribution in [-0.4, -0.2) is 138 Å². The number of aromatic hydroxyl groups is 1. The van der Waals surface area contributed by atoms with Gasteiger partial charge in [-0.1, -0.05) is 55.4 Å². The van der Waals surface area contributed by atoms with E-state index in [1.54, 1.807) is 23.5 Å². The number of phenols is 1. The number of nitrogen functional groups attached to an aromatic ring is 1. The summed E-state index contributed by atoms with van der Waals surface area (Å²) in [5.74, 6) is 1.00. The first-order valence-corrected chi connectivity index (χ1v) is 28.0. The molecule has 5 aromatic heterocycles. The fraction of sp³-hybridized carbons (Fsp3) is 0.474. The predicted octanol–water partition coefficient (Wildman–Crippen LogP) is 7.78. The fourth-order valence-electron chi connectivity index (χ4n) is 12.0. The van der Waals surface area contributed by atoms with Crippen molar-refractivity contribution in [1.82, 2.24) is 50.2 Å². The molecule has 19 nitrogen and oxygen atoms in total. The maximum Gasteiger partial charge on any atom is 0.243 e. The van der Waals surface area contributed by atoms with E-state index in [-0.39, 0.29) is 53.9 Å². The number of pyridine rings is 1. The largest absolute Gasteiger partial charge is 0.507 e. The van der Waals surface area contributed by atoms with E-state index in [1.165, 1.54) is 4.90 Å². The molecule has 0 saturated carbocycles. The molecular weight excluding hydrogens is 995 g/mol. The number of aryl methyl sites for hydroxylation is 1. The summed E-state index contributed by atoms with van der Waals surface area (Å²) in [6, 6.07) is 22.1. The van der Waals surface area contributed by atoms with Crippen molar-refractivity contribution in [2.24, 2.45) is 11.3 Å². The summed E-state index contributed by atoms with van der Waals surface area (Å²) in [5.41, 5.74) is 15.1. The molecule has 0 aliphatic carbocycles. The molecule has 4 aliphatic heterocycles. The number of aliphatic hydroxyl groups excluding tert-OH is 1. The first-order valence-electron chi connectivity index (χ1n) is 27.2. The molecule has 1 spiro atoms. The van der Waals surface area contributed by atoms with Crippen molar-refractivity contribution in [3.8, 4) is 33.3 Å². The quantitative estimate of drug-likeness (QED) is 0.0768. The predicted molar refractivity (Wildman–Crippen MR) is 296 cm³/mol. The summed E-state index contributed by atoms with van der Waals surface area (Å²) < 4.78 is 14.2. The minimum Gasteiger partial charge on any atom is -0.507 e. The van der Waals surface area contributed by atoms with E-state index in [9.17, 15) is 19.8 Å². The monoisotopic (exact) mass is 1060 g/mol. The number of rotatable bonds is 15. The molecule has 1 unspecified atom stereocenters. The van der Waals surface area contributed by atoms with Gasteiger partial charge in [-0.15, -0.1) is 21.5 Å². The Labute approximate surface area is 452 Å². The number of hydrogen-bond donors (Lipinski definition) is 4. The maximum atomic E-state index is 14.4. The van der Waals surface area contributed by atoms with Gasteiger partial charge in [0.25, 0.3) is 0 Å². The molecule has 5 N–H and O–H groups in total. The Bertz CT molecular complexity index is 3190. The average Bonchev–Trinajstić information content (AvgIpc) is 4.30. The van der Waals surface area contributed by atoms with E-state index in [2.05, 4.69) is 50.4 Å². The van der Waals surface area contributed by atoms with Gasteiger partial charge in [0.05, 0.1) is 45.5 Å². The number of aliphatic hydroxyl groups is 1. The third-order valence-electron chi connectivity index (χ3n) is 16.7. The van der Waals surface area contributed by atoms with E-state index in [1.807, 2.05) is 105 Å². The minimum atomic E-state index is -0.807. The Morgan fingerprint density at radius 2 is 1.68 bits per heavy atom. The highest BCUT2D eigenvalue weighted by atomic mass is 32.1. The Hall–Kier alpha value is -7.16. The molecule has 77 heavy (non-hydrogen) atoms. The number of β-amino-alcohol motifs (C(OH)–C–C–N with tert-alkyl or cyclic N) is 1. The van der Waals surface area contributed by atoms with Crippen LogP contribution in [0.1, 0.15) is 101 Å². The Morgan fingerprint density at radius 3 is 2.40 bits per heavy atom. The number of thiazole rings is 1. The van der Waals surface area contributed by atoms with Gasteiger partial charge < -0.3 is 45.2 Å². The van der Waals surface area contributed by atoms with E-state index >= 15 is 0 Å². The van der Waals surface area contributed by atoms with Gasteiger partial charge in [0.2, 0.25) is 17.7 Å². The first-order chi connectivity index (χ1) is 37.3. The number of ether oxygens (including phenoxy) is 1. The summed E-state index contributed by atoms with van der Waals surface area (Å²) in [5, 5.41) is 42.3. The number of hydrogen-bond acceptors (Lipinski definition) is 17. The van der Waals surface area contributed by atoms with Crippen LogP contribution in [0.15, 0.2) is 89.0 Å².